The van der Waals surface area contributed by atoms with Crippen LogP contribution in [0.25, 0.3) is 0 Å². The van der Waals surface area contributed by atoms with Crippen LogP contribution in [-0.4, -0.2) is 23.9 Å². The molecule has 2 nitrogen and oxygen atoms in total. The fourth-order valence-corrected chi connectivity index (χ4v) is 2.53. The summed E-state index contributed by atoms with van der Waals surface area (Å²) in [5.41, 5.74) is 0.529. The molecule has 2 rings (SSSR count). The second-order valence-corrected chi connectivity index (χ2v) is 5.33. The standard InChI is InChI=1S/C13H16BrFO2/c14-10-4-5-11(15)9(7-10)8-12(16)13-3-1-2-6-17-13/h4-5,7,12-13,16H,1-3,6,8H2. The van der Waals surface area contributed by atoms with Crippen molar-refractivity contribution >= 4 is 15.9 Å². The Kier molecular flexibility index (Phi) is 4.54. The van der Waals surface area contributed by atoms with Crippen molar-refractivity contribution in [2.75, 3.05) is 6.61 Å². The molecule has 1 N–H and O–H groups in total. The quantitative estimate of drug-likeness (QED) is 0.930. The van der Waals surface area contributed by atoms with Gasteiger partial charge >= 0.3 is 0 Å². The molecule has 2 atom stereocenters. The molecule has 17 heavy (non-hydrogen) atoms. The molecule has 94 valence electrons. The van der Waals surface area contributed by atoms with Gasteiger partial charge in [-0.3, -0.25) is 0 Å². The Morgan fingerprint density at radius 1 is 1.47 bits per heavy atom. The van der Waals surface area contributed by atoms with Crippen LogP contribution in [0, 0.1) is 5.82 Å². The van der Waals surface area contributed by atoms with Crippen LogP contribution in [0.2, 0.25) is 0 Å². The molecule has 0 bridgehead atoms. The number of aliphatic hydroxyl groups is 1. The number of ether oxygens (including phenoxy) is 1. The van der Waals surface area contributed by atoms with Gasteiger partial charge in [0.05, 0.1) is 12.2 Å². The van der Waals surface area contributed by atoms with E-state index < -0.39 is 6.10 Å². The average Bonchev–Trinajstić information content (AvgIpc) is 2.35. The first kappa shape index (κ1) is 13.0. The highest BCUT2D eigenvalue weighted by Gasteiger charge is 2.23. The van der Waals surface area contributed by atoms with Crippen LogP contribution in [-0.2, 0) is 11.2 Å². The highest BCUT2D eigenvalue weighted by molar-refractivity contribution is 9.10. The monoisotopic (exact) mass is 302 g/mol. The third-order valence-corrected chi connectivity index (χ3v) is 3.57. The Bertz CT molecular complexity index is 378. The van der Waals surface area contributed by atoms with Gasteiger partial charge in [0.2, 0.25) is 0 Å². The summed E-state index contributed by atoms with van der Waals surface area (Å²) in [6, 6.07) is 4.78. The van der Waals surface area contributed by atoms with Crippen molar-refractivity contribution in [1.29, 1.82) is 0 Å². The van der Waals surface area contributed by atoms with Gasteiger partial charge in [0.15, 0.2) is 0 Å². The fraction of sp³-hybridized carbons (Fsp3) is 0.538. The minimum Gasteiger partial charge on any atom is -0.390 e. The molecule has 0 radical (unpaired) electrons. The zero-order valence-electron chi connectivity index (χ0n) is 9.53. The third-order valence-electron chi connectivity index (χ3n) is 3.08. The Hall–Kier alpha value is -0.450. The van der Waals surface area contributed by atoms with E-state index >= 15 is 0 Å². The van der Waals surface area contributed by atoms with E-state index in [1.54, 1.807) is 12.1 Å². The first-order chi connectivity index (χ1) is 8.16. The lowest BCUT2D eigenvalue weighted by molar-refractivity contribution is -0.0613. The lowest BCUT2D eigenvalue weighted by Gasteiger charge is -2.27. The lowest BCUT2D eigenvalue weighted by atomic mass is 9.98. The van der Waals surface area contributed by atoms with E-state index in [0.29, 0.717) is 18.6 Å². The zero-order chi connectivity index (χ0) is 12.3. The van der Waals surface area contributed by atoms with E-state index in [0.717, 1.165) is 23.7 Å². The molecule has 0 spiro atoms. The number of benzene rings is 1. The molecule has 0 aromatic heterocycles. The molecule has 0 saturated carbocycles. The van der Waals surface area contributed by atoms with E-state index in [9.17, 15) is 9.50 Å². The summed E-state index contributed by atoms with van der Waals surface area (Å²) in [6.45, 7) is 0.697. The van der Waals surface area contributed by atoms with Gasteiger partial charge in [0, 0.05) is 17.5 Å². The molecular weight excluding hydrogens is 287 g/mol. The maximum atomic E-state index is 13.5. The summed E-state index contributed by atoms with van der Waals surface area (Å²) < 4.78 is 19.8. The largest absolute Gasteiger partial charge is 0.390 e. The van der Waals surface area contributed by atoms with Gasteiger partial charge in [-0.25, -0.2) is 4.39 Å². The summed E-state index contributed by atoms with van der Waals surface area (Å²) >= 11 is 3.30. The second-order valence-electron chi connectivity index (χ2n) is 4.41. The molecule has 1 fully saturated rings. The minimum atomic E-state index is -0.626. The van der Waals surface area contributed by atoms with E-state index in [1.165, 1.54) is 6.07 Å². The fourth-order valence-electron chi connectivity index (χ4n) is 2.13. The average molecular weight is 303 g/mol. The number of aliphatic hydroxyl groups excluding tert-OH is 1. The minimum absolute atomic E-state index is 0.151. The molecule has 1 aliphatic rings. The molecule has 1 aromatic carbocycles. The van der Waals surface area contributed by atoms with Crippen LogP contribution < -0.4 is 0 Å². The molecule has 2 unspecified atom stereocenters. The van der Waals surface area contributed by atoms with Gasteiger partial charge in [-0.05, 0) is 43.0 Å². The first-order valence-electron chi connectivity index (χ1n) is 5.90. The van der Waals surface area contributed by atoms with Crippen LogP contribution in [0.4, 0.5) is 4.39 Å². The predicted octanol–water partition coefficient (Wildman–Crippen LogP) is 3.06. The van der Waals surface area contributed by atoms with Crippen molar-refractivity contribution in [3.63, 3.8) is 0 Å². The van der Waals surface area contributed by atoms with Gasteiger partial charge in [-0.15, -0.1) is 0 Å². The van der Waals surface area contributed by atoms with Crippen molar-refractivity contribution in [2.45, 2.75) is 37.9 Å². The third kappa shape index (κ3) is 3.50. The summed E-state index contributed by atoms with van der Waals surface area (Å²) in [7, 11) is 0. The van der Waals surface area contributed by atoms with E-state index in [1.807, 2.05) is 0 Å². The molecule has 1 aliphatic heterocycles. The maximum absolute atomic E-state index is 13.5. The topological polar surface area (TPSA) is 29.5 Å². The number of rotatable bonds is 3. The predicted molar refractivity (Wildman–Crippen MR) is 67.4 cm³/mol. The first-order valence-corrected chi connectivity index (χ1v) is 6.69. The normalized spacial score (nSPS) is 22.4. The zero-order valence-corrected chi connectivity index (χ0v) is 11.1. The molecule has 0 amide bonds. The molecule has 4 heteroatoms. The lowest BCUT2D eigenvalue weighted by Crippen LogP contribution is -2.33. The maximum Gasteiger partial charge on any atom is 0.126 e. The van der Waals surface area contributed by atoms with Gasteiger partial charge in [-0.1, -0.05) is 15.9 Å². The Labute approximate surface area is 109 Å². The highest BCUT2D eigenvalue weighted by atomic mass is 79.9. The number of halogens is 2. The summed E-state index contributed by atoms with van der Waals surface area (Å²) in [5, 5.41) is 10.0. The van der Waals surface area contributed by atoms with Crippen LogP contribution >= 0.6 is 15.9 Å². The van der Waals surface area contributed by atoms with Gasteiger partial charge < -0.3 is 9.84 Å². The van der Waals surface area contributed by atoms with Gasteiger partial charge in [0.25, 0.3) is 0 Å². The van der Waals surface area contributed by atoms with E-state index in [4.69, 9.17) is 4.74 Å². The smallest absolute Gasteiger partial charge is 0.126 e. The Balaban J connectivity index is 2.01. The van der Waals surface area contributed by atoms with Crippen molar-refractivity contribution in [1.82, 2.24) is 0 Å². The molecule has 0 aliphatic carbocycles. The van der Waals surface area contributed by atoms with Crippen LogP contribution in [0.15, 0.2) is 22.7 Å². The Morgan fingerprint density at radius 3 is 3.00 bits per heavy atom. The molecular formula is C13H16BrFO2. The van der Waals surface area contributed by atoms with Gasteiger partial charge in [0.1, 0.15) is 5.82 Å². The molecule has 1 heterocycles. The van der Waals surface area contributed by atoms with E-state index in [-0.39, 0.29) is 11.9 Å². The van der Waals surface area contributed by atoms with Crippen molar-refractivity contribution in [3.8, 4) is 0 Å². The van der Waals surface area contributed by atoms with Crippen LogP contribution in [0.5, 0.6) is 0 Å². The molecule has 1 aromatic rings. The molecule has 1 saturated heterocycles. The summed E-state index contributed by atoms with van der Waals surface area (Å²) in [4.78, 5) is 0. The summed E-state index contributed by atoms with van der Waals surface area (Å²) in [5.74, 6) is -0.275. The Morgan fingerprint density at radius 2 is 2.29 bits per heavy atom. The SMILES string of the molecule is OC(Cc1cc(Br)ccc1F)C1CCCCO1. The highest BCUT2D eigenvalue weighted by Crippen LogP contribution is 2.21. The number of hydrogen-bond donors (Lipinski definition) is 1. The van der Waals surface area contributed by atoms with Crippen LogP contribution in [0.1, 0.15) is 24.8 Å². The van der Waals surface area contributed by atoms with E-state index in [2.05, 4.69) is 15.9 Å². The van der Waals surface area contributed by atoms with Crippen LogP contribution in [0.3, 0.4) is 0 Å². The van der Waals surface area contributed by atoms with Crippen molar-refractivity contribution in [3.05, 3.63) is 34.1 Å². The van der Waals surface area contributed by atoms with Gasteiger partial charge in [-0.2, -0.15) is 0 Å². The van der Waals surface area contributed by atoms with Crippen molar-refractivity contribution in [2.24, 2.45) is 0 Å². The number of hydrogen-bond acceptors (Lipinski definition) is 2. The summed E-state index contributed by atoms with van der Waals surface area (Å²) in [6.07, 6.45) is 2.50. The second kappa shape index (κ2) is 5.94. The van der Waals surface area contributed by atoms with Crippen molar-refractivity contribution < 1.29 is 14.2 Å².